The fourth-order valence-electron chi connectivity index (χ4n) is 2.22. The molecule has 0 unspecified atom stereocenters. The predicted octanol–water partition coefficient (Wildman–Crippen LogP) is 1.94. The van der Waals surface area contributed by atoms with Crippen molar-refractivity contribution < 1.29 is 19.0 Å². The van der Waals surface area contributed by atoms with E-state index in [9.17, 15) is 14.3 Å². The normalized spacial score (nSPS) is 14.5. The zero-order valence-corrected chi connectivity index (χ0v) is 12.4. The molecule has 0 radical (unpaired) electrons. The molecule has 0 spiro atoms. The van der Waals surface area contributed by atoms with Crippen molar-refractivity contribution in [1.29, 1.82) is 0 Å². The highest BCUT2D eigenvalue weighted by atomic mass is 19.1. The Bertz CT molecular complexity index is 774. The molecule has 2 aromatic rings. The predicted molar refractivity (Wildman–Crippen MR) is 79.9 cm³/mol. The van der Waals surface area contributed by atoms with Gasteiger partial charge in [0.25, 0.3) is 5.91 Å². The van der Waals surface area contributed by atoms with Crippen LogP contribution in [0.1, 0.15) is 11.3 Å². The fraction of sp³-hybridized carbons (Fsp3) is 0.188. The van der Waals surface area contributed by atoms with Crippen molar-refractivity contribution in [2.45, 2.75) is 6.61 Å². The summed E-state index contributed by atoms with van der Waals surface area (Å²) in [6.45, 7) is 0.500. The molecule has 1 N–H and O–H groups in total. The van der Waals surface area contributed by atoms with Gasteiger partial charge in [0.15, 0.2) is 5.76 Å². The Morgan fingerprint density at radius 2 is 2.04 bits per heavy atom. The van der Waals surface area contributed by atoms with E-state index in [-0.39, 0.29) is 24.7 Å². The zero-order chi connectivity index (χ0) is 16.4. The monoisotopic (exact) mass is 315 g/mol. The first-order valence-electron chi connectivity index (χ1n) is 6.92. The Morgan fingerprint density at radius 1 is 1.30 bits per heavy atom. The van der Waals surface area contributed by atoms with Crippen LogP contribution in [0.5, 0.6) is 5.88 Å². The number of halogens is 1. The number of aliphatic hydroxyl groups excluding tert-OH is 1. The van der Waals surface area contributed by atoms with Crippen molar-refractivity contribution in [3.63, 3.8) is 0 Å². The minimum absolute atomic E-state index is 0.223. The van der Waals surface area contributed by atoms with Gasteiger partial charge in [-0.05, 0) is 17.7 Å². The highest BCUT2D eigenvalue weighted by molar-refractivity contribution is 6.03. The number of hydrogen-bond acceptors (Lipinski definition) is 5. The minimum atomic E-state index is -0.438. The lowest BCUT2D eigenvalue weighted by atomic mass is 10.2. The van der Waals surface area contributed by atoms with Crippen molar-refractivity contribution >= 4 is 11.5 Å². The standard InChI is InChI=1S/C16H14FN3O3/c1-20-7-12(15(21)16(20)22)13-6-14(19-9-18-13)23-8-10-2-4-11(17)5-3-10/h2-6,9,21H,7-8H2,1H3. The number of nitrogens with zero attached hydrogens (tertiary/aromatic N) is 3. The Balaban J connectivity index is 1.75. The van der Waals surface area contributed by atoms with Gasteiger partial charge < -0.3 is 14.7 Å². The summed E-state index contributed by atoms with van der Waals surface area (Å²) in [7, 11) is 1.60. The summed E-state index contributed by atoms with van der Waals surface area (Å²) in [6.07, 6.45) is 1.30. The number of ether oxygens (including phenoxy) is 1. The van der Waals surface area contributed by atoms with Crippen LogP contribution in [0.2, 0.25) is 0 Å². The molecule has 1 aliphatic heterocycles. The number of carbonyl (C=O) groups is 1. The van der Waals surface area contributed by atoms with Crippen LogP contribution in [0.15, 0.2) is 42.4 Å². The summed E-state index contributed by atoms with van der Waals surface area (Å²) in [4.78, 5) is 21.1. The van der Waals surface area contributed by atoms with Crippen LogP contribution in [0, 0.1) is 5.82 Å². The SMILES string of the molecule is CN1CC(c2cc(OCc3ccc(F)cc3)ncn2)=C(O)C1=O. The molecule has 0 atom stereocenters. The minimum Gasteiger partial charge on any atom is -0.503 e. The van der Waals surface area contributed by atoms with E-state index in [1.165, 1.54) is 23.4 Å². The van der Waals surface area contributed by atoms with Gasteiger partial charge in [0.05, 0.1) is 12.2 Å². The third-order valence-corrected chi connectivity index (χ3v) is 3.48. The zero-order valence-electron chi connectivity index (χ0n) is 12.4. The molecule has 118 valence electrons. The van der Waals surface area contributed by atoms with Crippen LogP contribution in [-0.4, -0.2) is 39.5 Å². The number of rotatable bonds is 4. The molecule has 0 fully saturated rings. The molecule has 3 rings (SSSR count). The van der Waals surface area contributed by atoms with Gasteiger partial charge in [-0.3, -0.25) is 4.79 Å². The number of benzene rings is 1. The van der Waals surface area contributed by atoms with Crippen LogP contribution >= 0.6 is 0 Å². The summed E-state index contributed by atoms with van der Waals surface area (Å²) in [5.74, 6) is -0.750. The molecule has 7 heteroatoms. The largest absolute Gasteiger partial charge is 0.503 e. The van der Waals surface area contributed by atoms with Crippen LogP contribution in [-0.2, 0) is 11.4 Å². The van der Waals surface area contributed by atoms with Gasteiger partial charge in [-0.15, -0.1) is 0 Å². The first-order chi connectivity index (χ1) is 11.0. The molecule has 1 aromatic heterocycles. The number of likely N-dealkylation sites (N-methyl/N-ethyl adjacent to an activating group) is 1. The maximum absolute atomic E-state index is 12.9. The lowest BCUT2D eigenvalue weighted by Crippen LogP contribution is -2.21. The van der Waals surface area contributed by atoms with E-state index in [1.54, 1.807) is 25.2 Å². The van der Waals surface area contributed by atoms with Gasteiger partial charge in [0, 0.05) is 18.7 Å². The summed E-state index contributed by atoms with van der Waals surface area (Å²) >= 11 is 0. The van der Waals surface area contributed by atoms with E-state index in [2.05, 4.69) is 9.97 Å². The summed E-state index contributed by atoms with van der Waals surface area (Å²) in [5, 5.41) is 9.86. The van der Waals surface area contributed by atoms with Crippen molar-refractivity contribution in [1.82, 2.24) is 14.9 Å². The average Bonchev–Trinajstić information content (AvgIpc) is 2.82. The third-order valence-electron chi connectivity index (χ3n) is 3.48. The maximum Gasteiger partial charge on any atom is 0.289 e. The molecule has 1 amide bonds. The van der Waals surface area contributed by atoms with E-state index < -0.39 is 5.91 Å². The number of aliphatic hydroxyl groups is 1. The van der Waals surface area contributed by atoms with Gasteiger partial charge in [0.2, 0.25) is 5.88 Å². The molecule has 2 heterocycles. The summed E-state index contributed by atoms with van der Waals surface area (Å²) < 4.78 is 18.4. The van der Waals surface area contributed by atoms with Crippen molar-refractivity contribution in [3.8, 4) is 5.88 Å². The van der Waals surface area contributed by atoms with E-state index in [0.717, 1.165) is 5.56 Å². The second-order valence-electron chi connectivity index (χ2n) is 5.15. The van der Waals surface area contributed by atoms with E-state index in [1.807, 2.05) is 0 Å². The molecule has 0 aliphatic carbocycles. The Kier molecular flexibility index (Phi) is 3.92. The van der Waals surface area contributed by atoms with Gasteiger partial charge in [-0.1, -0.05) is 12.1 Å². The van der Waals surface area contributed by atoms with Crippen molar-refractivity contribution in [2.24, 2.45) is 0 Å². The second kappa shape index (κ2) is 6.04. The Labute approximate surface area is 131 Å². The van der Waals surface area contributed by atoms with E-state index >= 15 is 0 Å². The average molecular weight is 315 g/mol. The van der Waals surface area contributed by atoms with Crippen LogP contribution in [0.4, 0.5) is 4.39 Å². The Hall–Kier alpha value is -2.96. The van der Waals surface area contributed by atoms with Gasteiger partial charge in [0.1, 0.15) is 18.8 Å². The number of aromatic nitrogens is 2. The fourth-order valence-corrected chi connectivity index (χ4v) is 2.22. The molecule has 6 nitrogen and oxygen atoms in total. The van der Waals surface area contributed by atoms with Gasteiger partial charge in [-0.2, -0.15) is 0 Å². The van der Waals surface area contributed by atoms with Gasteiger partial charge >= 0.3 is 0 Å². The van der Waals surface area contributed by atoms with Crippen LogP contribution in [0.25, 0.3) is 5.57 Å². The molecular formula is C16H14FN3O3. The first kappa shape index (κ1) is 15.0. The molecular weight excluding hydrogens is 301 g/mol. The number of amides is 1. The highest BCUT2D eigenvalue weighted by Gasteiger charge is 2.29. The van der Waals surface area contributed by atoms with Crippen LogP contribution < -0.4 is 4.74 Å². The van der Waals surface area contributed by atoms with E-state index in [4.69, 9.17) is 4.74 Å². The second-order valence-corrected chi connectivity index (χ2v) is 5.15. The van der Waals surface area contributed by atoms with Crippen LogP contribution in [0.3, 0.4) is 0 Å². The topological polar surface area (TPSA) is 75.6 Å². The van der Waals surface area contributed by atoms with Crippen molar-refractivity contribution in [3.05, 3.63) is 59.5 Å². The molecule has 1 aromatic carbocycles. The van der Waals surface area contributed by atoms with E-state index in [0.29, 0.717) is 17.1 Å². The lowest BCUT2D eigenvalue weighted by molar-refractivity contribution is -0.126. The lowest BCUT2D eigenvalue weighted by Gasteiger charge is -2.08. The molecule has 0 saturated carbocycles. The molecule has 1 aliphatic rings. The summed E-state index contributed by atoms with van der Waals surface area (Å²) in [6, 6.07) is 7.51. The molecule has 0 bridgehead atoms. The smallest absolute Gasteiger partial charge is 0.289 e. The van der Waals surface area contributed by atoms with Crippen molar-refractivity contribution in [2.75, 3.05) is 13.6 Å². The number of hydrogen-bond donors (Lipinski definition) is 1. The molecule has 0 saturated heterocycles. The summed E-state index contributed by atoms with van der Waals surface area (Å²) in [5.41, 5.74) is 1.67. The maximum atomic E-state index is 12.9. The highest BCUT2D eigenvalue weighted by Crippen LogP contribution is 2.25. The first-order valence-corrected chi connectivity index (χ1v) is 6.92. The van der Waals surface area contributed by atoms with Gasteiger partial charge in [-0.25, -0.2) is 14.4 Å². The number of carbonyl (C=O) groups excluding carboxylic acids is 1. The molecule has 23 heavy (non-hydrogen) atoms. The quantitative estimate of drug-likeness (QED) is 0.933. The Morgan fingerprint density at radius 3 is 2.70 bits per heavy atom. The third kappa shape index (κ3) is 3.13.